The zero-order valence-electron chi connectivity index (χ0n) is 9.11. The van der Waals surface area contributed by atoms with Crippen LogP contribution in [-0.4, -0.2) is 16.9 Å². The Morgan fingerprint density at radius 3 is 2.71 bits per heavy atom. The average molecular weight is 360 g/mol. The lowest BCUT2D eigenvalue weighted by atomic mass is 9.76. The third-order valence-electron chi connectivity index (χ3n) is 3.73. The second-order valence-electron chi connectivity index (χ2n) is 4.70. The summed E-state index contributed by atoms with van der Waals surface area (Å²) in [7, 11) is 0. The summed E-state index contributed by atoms with van der Waals surface area (Å²) in [5, 5.41) is 0. The van der Waals surface area contributed by atoms with Gasteiger partial charge in [-0.05, 0) is 30.4 Å². The van der Waals surface area contributed by atoms with E-state index < -0.39 is 0 Å². The summed E-state index contributed by atoms with van der Waals surface area (Å²) in [6.45, 7) is 0. The lowest BCUT2D eigenvalue weighted by Gasteiger charge is -2.29. The monoisotopic (exact) mass is 358 g/mol. The van der Waals surface area contributed by atoms with Crippen LogP contribution in [0.25, 0.3) is 0 Å². The van der Waals surface area contributed by atoms with Gasteiger partial charge in [-0.15, -0.1) is 0 Å². The first-order chi connectivity index (χ1) is 8.16. The molecule has 1 saturated heterocycles. The molecule has 1 aromatic carbocycles. The van der Waals surface area contributed by atoms with Gasteiger partial charge in [-0.3, -0.25) is 4.79 Å². The molecule has 0 amide bonds. The molecule has 0 N–H and O–H groups in total. The zero-order chi connectivity index (χ0) is 12.0. The summed E-state index contributed by atoms with van der Waals surface area (Å²) in [5.74, 6) is 0.270. The third-order valence-corrected chi connectivity index (χ3v) is 5.42. The van der Waals surface area contributed by atoms with Crippen molar-refractivity contribution in [2.45, 2.75) is 29.7 Å². The van der Waals surface area contributed by atoms with E-state index in [0.29, 0.717) is 0 Å². The highest BCUT2D eigenvalue weighted by atomic mass is 79.9. The quantitative estimate of drug-likeness (QED) is 0.565. The maximum atomic E-state index is 11.8. The Morgan fingerprint density at radius 1 is 1.18 bits per heavy atom. The van der Waals surface area contributed by atoms with Gasteiger partial charge in [-0.1, -0.05) is 50.1 Å². The standard InChI is InChI=1S/C13H12Br2O2/c14-10-4-2-1-3-7(10)8-5-11(15)12-6-9(8)13(16)17-12/h1-4,8-9,11-12H,5-6H2/t8-,9+,11+,12-/m0/s1. The highest BCUT2D eigenvalue weighted by Gasteiger charge is 2.48. The molecule has 17 heavy (non-hydrogen) atoms. The van der Waals surface area contributed by atoms with Gasteiger partial charge in [0, 0.05) is 4.47 Å². The Hall–Kier alpha value is -0.350. The van der Waals surface area contributed by atoms with E-state index in [1.165, 1.54) is 5.56 Å². The molecular weight excluding hydrogens is 348 g/mol. The molecule has 1 aliphatic heterocycles. The number of rotatable bonds is 1. The van der Waals surface area contributed by atoms with Gasteiger partial charge in [0.2, 0.25) is 0 Å². The molecule has 1 aliphatic carbocycles. The summed E-state index contributed by atoms with van der Waals surface area (Å²) in [6.07, 6.45) is 1.89. The highest BCUT2D eigenvalue weighted by Crippen LogP contribution is 2.47. The van der Waals surface area contributed by atoms with E-state index in [4.69, 9.17) is 4.74 Å². The smallest absolute Gasteiger partial charge is 0.310 e. The molecule has 1 heterocycles. The SMILES string of the molecule is O=C1O[C@H]2C[C@@H]1[C@H](c1ccccc1Br)C[C@H]2Br. The number of alkyl halides is 1. The zero-order valence-corrected chi connectivity index (χ0v) is 12.3. The van der Waals surface area contributed by atoms with Gasteiger partial charge in [-0.25, -0.2) is 0 Å². The predicted octanol–water partition coefficient (Wildman–Crippen LogP) is 3.63. The largest absolute Gasteiger partial charge is 0.461 e. The molecule has 1 saturated carbocycles. The van der Waals surface area contributed by atoms with Crippen molar-refractivity contribution < 1.29 is 9.53 Å². The summed E-state index contributed by atoms with van der Waals surface area (Å²) < 4.78 is 6.47. The van der Waals surface area contributed by atoms with Gasteiger partial charge in [0.1, 0.15) is 6.10 Å². The van der Waals surface area contributed by atoms with Gasteiger partial charge in [-0.2, -0.15) is 0 Å². The number of benzene rings is 1. The molecule has 0 aromatic heterocycles. The Labute approximate surface area is 117 Å². The molecule has 4 heteroatoms. The van der Waals surface area contributed by atoms with E-state index in [0.717, 1.165) is 17.3 Å². The minimum Gasteiger partial charge on any atom is -0.461 e. The molecular formula is C13H12Br2O2. The van der Waals surface area contributed by atoms with Crippen LogP contribution in [0.5, 0.6) is 0 Å². The van der Waals surface area contributed by atoms with E-state index in [9.17, 15) is 4.79 Å². The lowest BCUT2D eigenvalue weighted by Crippen LogP contribution is -2.29. The van der Waals surface area contributed by atoms with E-state index in [1.54, 1.807) is 0 Å². The van der Waals surface area contributed by atoms with Crippen molar-refractivity contribution in [2.75, 3.05) is 0 Å². The van der Waals surface area contributed by atoms with Crippen molar-refractivity contribution in [1.82, 2.24) is 0 Å². The van der Waals surface area contributed by atoms with Crippen LogP contribution in [-0.2, 0) is 9.53 Å². The van der Waals surface area contributed by atoms with Gasteiger partial charge in [0.15, 0.2) is 0 Å². The van der Waals surface area contributed by atoms with Gasteiger partial charge >= 0.3 is 5.97 Å². The Balaban J connectivity index is 1.98. The number of carbonyl (C=O) groups is 1. The first-order valence-corrected chi connectivity index (χ1v) is 7.46. The highest BCUT2D eigenvalue weighted by molar-refractivity contribution is 9.10. The van der Waals surface area contributed by atoms with Crippen molar-refractivity contribution in [2.24, 2.45) is 5.92 Å². The van der Waals surface area contributed by atoms with E-state index in [2.05, 4.69) is 37.9 Å². The van der Waals surface area contributed by atoms with Crippen LogP contribution in [0.4, 0.5) is 0 Å². The summed E-state index contributed by atoms with van der Waals surface area (Å²) in [5.41, 5.74) is 1.22. The molecule has 2 aliphatic rings. The third kappa shape index (κ3) is 1.95. The Bertz CT molecular complexity index is 460. The van der Waals surface area contributed by atoms with Crippen LogP contribution in [0.2, 0.25) is 0 Å². The molecule has 0 spiro atoms. The van der Waals surface area contributed by atoms with Crippen LogP contribution < -0.4 is 0 Å². The minimum atomic E-state index is -0.0299. The molecule has 3 rings (SSSR count). The second-order valence-corrected chi connectivity index (χ2v) is 6.73. The number of ether oxygens (including phenoxy) is 1. The van der Waals surface area contributed by atoms with Gasteiger partial charge in [0.25, 0.3) is 0 Å². The van der Waals surface area contributed by atoms with E-state index >= 15 is 0 Å². The fraction of sp³-hybridized carbons (Fsp3) is 0.462. The molecule has 0 unspecified atom stereocenters. The van der Waals surface area contributed by atoms with Crippen LogP contribution >= 0.6 is 31.9 Å². The molecule has 90 valence electrons. The minimum absolute atomic E-state index is 0.0299. The maximum absolute atomic E-state index is 11.8. The average Bonchev–Trinajstić information content (AvgIpc) is 2.64. The molecule has 2 bridgehead atoms. The fourth-order valence-corrected chi connectivity index (χ4v) is 4.16. The van der Waals surface area contributed by atoms with Crippen LogP contribution in [0.3, 0.4) is 0 Å². The molecule has 0 radical (unpaired) electrons. The van der Waals surface area contributed by atoms with Crippen LogP contribution in [0.15, 0.2) is 28.7 Å². The number of hydrogen-bond acceptors (Lipinski definition) is 2. The second kappa shape index (κ2) is 4.39. The van der Waals surface area contributed by atoms with Crippen LogP contribution in [0, 0.1) is 5.92 Å². The number of esters is 1. The normalized spacial score (nSPS) is 35.8. The van der Waals surface area contributed by atoms with Crippen molar-refractivity contribution in [1.29, 1.82) is 0 Å². The van der Waals surface area contributed by atoms with Crippen molar-refractivity contribution in [3.05, 3.63) is 34.3 Å². The fourth-order valence-electron chi connectivity index (χ4n) is 2.86. The summed E-state index contributed by atoms with van der Waals surface area (Å²) in [6, 6.07) is 8.15. The maximum Gasteiger partial charge on any atom is 0.310 e. The van der Waals surface area contributed by atoms with Crippen molar-refractivity contribution in [3.63, 3.8) is 0 Å². The van der Waals surface area contributed by atoms with Gasteiger partial charge in [0.05, 0.1) is 10.7 Å². The van der Waals surface area contributed by atoms with E-state index in [-0.39, 0.29) is 28.7 Å². The van der Waals surface area contributed by atoms with Crippen molar-refractivity contribution in [3.8, 4) is 0 Å². The summed E-state index contributed by atoms with van der Waals surface area (Å²) in [4.78, 5) is 12.1. The topological polar surface area (TPSA) is 26.3 Å². The van der Waals surface area contributed by atoms with E-state index in [1.807, 2.05) is 18.2 Å². The predicted molar refractivity (Wildman–Crippen MR) is 72.2 cm³/mol. The Morgan fingerprint density at radius 2 is 1.94 bits per heavy atom. The molecule has 2 fully saturated rings. The lowest BCUT2D eigenvalue weighted by molar-refractivity contribution is -0.143. The first kappa shape index (κ1) is 11.7. The number of fused-ring (bicyclic) bond motifs is 2. The number of hydrogen-bond donors (Lipinski definition) is 0. The van der Waals surface area contributed by atoms with Crippen LogP contribution in [0.1, 0.15) is 24.3 Å². The molecule has 2 nitrogen and oxygen atoms in total. The number of halogens is 2. The molecule has 4 atom stereocenters. The first-order valence-electron chi connectivity index (χ1n) is 5.76. The molecule has 1 aromatic rings. The number of carbonyl (C=O) groups excluding carboxylic acids is 1. The van der Waals surface area contributed by atoms with Gasteiger partial charge < -0.3 is 4.74 Å². The Kier molecular flexibility index (Phi) is 3.03. The van der Waals surface area contributed by atoms with Crippen molar-refractivity contribution >= 4 is 37.8 Å². The summed E-state index contributed by atoms with van der Waals surface area (Å²) >= 11 is 7.21.